The number of anilines is 4. The van der Waals surface area contributed by atoms with Gasteiger partial charge in [0, 0.05) is 6.54 Å². The van der Waals surface area contributed by atoms with Crippen LogP contribution in [-0.4, -0.2) is 33.8 Å². The molecule has 0 aliphatic carbocycles. The van der Waals surface area contributed by atoms with E-state index in [0.29, 0.717) is 30.3 Å². The molecule has 7 N–H and O–H groups in total. The zero-order chi connectivity index (χ0) is 11.7. The van der Waals surface area contributed by atoms with Gasteiger partial charge in [-0.25, -0.2) is 0 Å². The SMILES string of the molecule is CCC(O)[C@@H]1CNc2nc(N)nc(N)c2N1. The largest absolute Gasteiger partial charge is 0.391 e. The van der Waals surface area contributed by atoms with Crippen molar-refractivity contribution in [3.63, 3.8) is 0 Å². The topological polar surface area (TPSA) is 122 Å². The second-order valence-electron chi connectivity index (χ2n) is 3.80. The second kappa shape index (κ2) is 4.01. The molecule has 88 valence electrons. The highest BCUT2D eigenvalue weighted by Crippen LogP contribution is 2.30. The molecule has 2 rings (SSSR count). The highest BCUT2D eigenvalue weighted by Gasteiger charge is 2.25. The van der Waals surface area contributed by atoms with Crippen molar-refractivity contribution in [3.8, 4) is 0 Å². The number of aromatic nitrogens is 2. The predicted molar refractivity (Wildman–Crippen MR) is 63.1 cm³/mol. The maximum atomic E-state index is 9.74. The fourth-order valence-electron chi connectivity index (χ4n) is 1.73. The smallest absolute Gasteiger partial charge is 0.224 e. The van der Waals surface area contributed by atoms with E-state index in [4.69, 9.17) is 11.5 Å². The fraction of sp³-hybridized carbons (Fsp3) is 0.556. The minimum atomic E-state index is -0.433. The Morgan fingerprint density at radius 1 is 1.50 bits per heavy atom. The monoisotopic (exact) mass is 224 g/mol. The molecule has 0 spiro atoms. The minimum Gasteiger partial charge on any atom is -0.391 e. The third-order valence-corrected chi connectivity index (χ3v) is 2.66. The zero-order valence-electron chi connectivity index (χ0n) is 9.07. The molecule has 0 fully saturated rings. The highest BCUT2D eigenvalue weighted by molar-refractivity contribution is 5.78. The number of hydrogen-bond donors (Lipinski definition) is 5. The molecule has 0 saturated heterocycles. The highest BCUT2D eigenvalue weighted by atomic mass is 16.3. The van der Waals surface area contributed by atoms with Crippen LogP contribution in [-0.2, 0) is 0 Å². The summed E-state index contributed by atoms with van der Waals surface area (Å²) in [6.45, 7) is 2.50. The van der Waals surface area contributed by atoms with Gasteiger partial charge in [0.05, 0.1) is 12.1 Å². The minimum absolute atomic E-state index is 0.0907. The Morgan fingerprint density at radius 2 is 2.25 bits per heavy atom. The van der Waals surface area contributed by atoms with E-state index in [-0.39, 0.29) is 12.0 Å². The molecule has 0 saturated carbocycles. The normalized spacial score (nSPS) is 20.5. The number of nitrogen functional groups attached to an aromatic ring is 2. The lowest BCUT2D eigenvalue weighted by Crippen LogP contribution is -2.42. The van der Waals surface area contributed by atoms with Gasteiger partial charge in [0.15, 0.2) is 11.6 Å². The molecular formula is C9H16N6O. The van der Waals surface area contributed by atoms with E-state index in [1.54, 1.807) is 0 Å². The van der Waals surface area contributed by atoms with Gasteiger partial charge in [-0.05, 0) is 6.42 Å². The summed E-state index contributed by atoms with van der Waals surface area (Å²) < 4.78 is 0. The zero-order valence-corrected chi connectivity index (χ0v) is 9.07. The standard InChI is InChI=1S/C9H16N6O/c1-2-5(16)4-3-12-8-6(13-4)7(10)14-9(11)15-8/h4-5,13,16H,2-3H2,1H3,(H5,10,11,12,14,15)/t4-,5?/m0/s1. The molecule has 0 bridgehead atoms. The summed E-state index contributed by atoms with van der Waals surface area (Å²) >= 11 is 0. The van der Waals surface area contributed by atoms with Gasteiger partial charge >= 0.3 is 0 Å². The number of nitrogens with zero attached hydrogens (tertiary/aromatic N) is 2. The molecule has 2 atom stereocenters. The molecule has 0 amide bonds. The number of nitrogens with two attached hydrogens (primary N) is 2. The Hall–Kier alpha value is -1.76. The van der Waals surface area contributed by atoms with Crippen LogP contribution in [0.5, 0.6) is 0 Å². The molecule has 7 heteroatoms. The van der Waals surface area contributed by atoms with Crippen molar-refractivity contribution in [1.82, 2.24) is 9.97 Å². The van der Waals surface area contributed by atoms with Gasteiger partial charge in [-0.3, -0.25) is 0 Å². The van der Waals surface area contributed by atoms with Gasteiger partial charge in [0.1, 0.15) is 5.69 Å². The van der Waals surface area contributed by atoms with E-state index in [0.717, 1.165) is 0 Å². The molecule has 1 aliphatic rings. The fourth-order valence-corrected chi connectivity index (χ4v) is 1.73. The maximum Gasteiger partial charge on any atom is 0.224 e. The Bertz CT molecular complexity index is 396. The molecule has 1 aromatic rings. The van der Waals surface area contributed by atoms with Crippen molar-refractivity contribution in [2.45, 2.75) is 25.5 Å². The van der Waals surface area contributed by atoms with Crippen molar-refractivity contribution in [2.75, 3.05) is 28.6 Å². The molecule has 0 aromatic carbocycles. The lowest BCUT2D eigenvalue weighted by atomic mass is 10.1. The van der Waals surface area contributed by atoms with Crippen LogP contribution in [0, 0.1) is 0 Å². The Balaban J connectivity index is 2.26. The summed E-state index contributed by atoms with van der Waals surface area (Å²) in [4.78, 5) is 7.89. The van der Waals surface area contributed by atoms with E-state index < -0.39 is 6.10 Å². The Kier molecular flexibility index (Phi) is 2.69. The van der Waals surface area contributed by atoms with Gasteiger partial charge in [0.25, 0.3) is 0 Å². The van der Waals surface area contributed by atoms with Gasteiger partial charge in [-0.1, -0.05) is 6.92 Å². The summed E-state index contributed by atoms with van der Waals surface area (Å²) in [7, 11) is 0. The molecule has 16 heavy (non-hydrogen) atoms. The molecule has 1 aliphatic heterocycles. The number of fused-ring (bicyclic) bond motifs is 1. The van der Waals surface area contributed by atoms with Crippen molar-refractivity contribution in [2.24, 2.45) is 0 Å². The van der Waals surface area contributed by atoms with E-state index in [9.17, 15) is 5.11 Å². The number of nitrogens with one attached hydrogen (secondary N) is 2. The molecule has 0 radical (unpaired) electrons. The predicted octanol–water partition coefficient (Wildman–Crippen LogP) is -0.382. The maximum absolute atomic E-state index is 9.74. The summed E-state index contributed by atoms with van der Waals surface area (Å²) in [6.07, 6.45) is 0.238. The summed E-state index contributed by atoms with van der Waals surface area (Å²) in [5.41, 5.74) is 11.8. The van der Waals surface area contributed by atoms with Crippen molar-refractivity contribution < 1.29 is 5.11 Å². The van der Waals surface area contributed by atoms with Gasteiger partial charge in [-0.15, -0.1) is 0 Å². The van der Waals surface area contributed by atoms with Crippen LogP contribution in [0.1, 0.15) is 13.3 Å². The second-order valence-corrected chi connectivity index (χ2v) is 3.80. The van der Waals surface area contributed by atoms with Crippen LogP contribution < -0.4 is 22.1 Å². The summed E-state index contributed by atoms with van der Waals surface area (Å²) in [5.74, 6) is 1.02. The number of aliphatic hydroxyl groups is 1. The van der Waals surface area contributed by atoms with Gasteiger partial charge < -0.3 is 27.2 Å². The molecule has 2 heterocycles. The number of hydrogen-bond acceptors (Lipinski definition) is 7. The first-order valence-electron chi connectivity index (χ1n) is 5.23. The van der Waals surface area contributed by atoms with E-state index in [2.05, 4.69) is 20.6 Å². The first-order chi connectivity index (χ1) is 7.61. The van der Waals surface area contributed by atoms with Crippen LogP contribution in [0.15, 0.2) is 0 Å². The van der Waals surface area contributed by atoms with Crippen LogP contribution in [0.4, 0.5) is 23.3 Å². The van der Waals surface area contributed by atoms with Crippen LogP contribution >= 0.6 is 0 Å². The quantitative estimate of drug-likeness (QED) is 0.464. The van der Waals surface area contributed by atoms with Crippen LogP contribution in [0.25, 0.3) is 0 Å². The van der Waals surface area contributed by atoms with Crippen LogP contribution in [0.2, 0.25) is 0 Å². The number of rotatable bonds is 2. The third-order valence-electron chi connectivity index (χ3n) is 2.66. The van der Waals surface area contributed by atoms with E-state index >= 15 is 0 Å². The molecule has 1 aromatic heterocycles. The van der Waals surface area contributed by atoms with Crippen molar-refractivity contribution in [1.29, 1.82) is 0 Å². The first-order valence-corrected chi connectivity index (χ1v) is 5.23. The van der Waals surface area contributed by atoms with Gasteiger partial charge in [-0.2, -0.15) is 9.97 Å². The van der Waals surface area contributed by atoms with Crippen molar-refractivity contribution in [3.05, 3.63) is 0 Å². The third kappa shape index (κ3) is 1.81. The lowest BCUT2D eigenvalue weighted by Gasteiger charge is -2.30. The Labute approximate surface area is 93.3 Å². The summed E-state index contributed by atoms with van der Waals surface area (Å²) in [5, 5.41) is 15.9. The average Bonchev–Trinajstić information content (AvgIpc) is 2.27. The average molecular weight is 224 g/mol. The Morgan fingerprint density at radius 3 is 2.94 bits per heavy atom. The van der Waals surface area contributed by atoms with E-state index in [1.165, 1.54) is 0 Å². The summed E-state index contributed by atoms with van der Waals surface area (Å²) in [6, 6.07) is -0.0907. The molecule has 7 nitrogen and oxygen atoms in total. The van der Waals surface area contributed by atoms with Gasteiger partial charge in [0.2, 0.25) is 5.95 Å². The number of aliphatic hydroxyl groups excluding tert-OH is 1. The van der Waals surface area contributed by atoms with E-state index in [1.807, 2.05) is 6.92 Å². The molecule has 1 unspecified atom stereocenters. The van der Waals surface area contributed by atoms with Crippen molar-refractivity contribution >= 4 is 23.3 Å². The first kappa shape index (κ1) is 10.7. The molecular weight excluding hydrogens is 208 g/mol. The van der Waals surface area contributed by atoms with Crippen LogP contribution in [0.3, 0.4) is 0 Å². The lowest BCUT2D eigenvalue weighted by molar-refractivity contribution is 0.151.